The highest BCUT2D eigenvalue weighted by Crippen LogP contribution is 2.25. The molecule has 2 aromatic rings. The van der Waals surface area contributed by atoms with Crippen molar-refractivity contribution in [2.75, 3.05) is 13.1 Å². The molecule has 0 saturated carbocycles. The van der Waals surface area contributed by atoms with Gasteiger partial charge in [-0.1, -0.05) is 5.16 Å². The number of carbonyl (C=O) groups excluding carboxylic acids is 1. The lowest BCUT2D eigenvalue weighted by molar-refractivity contribution is -0.0811. The highest BCUT2D eigenvalue weighted by molar-refractivity contribution is 5.93. The topological polar surface area (TPSA) is 99.2 Å². The molecule has 2 atom stereocenters. The molecule has 0 radical (unpaired) electrons. The zero-order valence-electron chi connectivity index (χ0n) is 13.7. The van der Waals surface area contributed by atoms with Crippen LogP contribution in [0.3, 0.4) is 0 Å². The summed E-state index contributed by atoms with van der Waals surface area (Å²) in [6.45, 7) is 8.83. The lowest BCUT2D eigenvalue weighted by atomic mass is 10.2. The fraction of sp³-hybridized carbons (Fsp3) is 0.643. The third kappa shape index (κ3) is 3.09. The van der Waals surface area contributed by atoms with E-state index in [4.69, 9.17) is 9.26 Å². The summed E-state index contributed by atoms with van der Waals surface area (Å²) in [6.07, 6.45) is -0.558. The summed E-state index contributed by atoms with van der Waals surface area (Å²) < 4.78 is 11.0. The van der Waals surface area contributed by atoms with Gasteiger partial charge in [0.05, 0.1) is 24.9 Å². The molecule has 1 amide bonds. The number of morpholine rings is 1. The van der Waals surface area contributed by atoms with Gasteiger partial charge in [0.15, 0.2) is 17.6 Å². The molecule has 124 valence electrons. The summed E-state index contributed by atoms with van der Waals surface area (Å²) in [5, 5.41) is 12.3. The smallest absolute Gasteiger partial charge is 0.276 e. The first-order valence-corrected chi connectivity index (χ1v) is 7.64. The Labute approximate surface area is 133 Å². The minimum atomic E-state index is -0.426. The lowest BCUT2D eigenvalue weighted by Gasteiger charge is -2.34. The van der Waals surface area contributed by atoms with Crippen LogP contribution in [0.5, 0.6) is 0 Å². The Hall–Kier alpha value is -2.29. The van der Waals surface area contributed by atoms with Crippen LogP contribution in [0.25, 0.3) is 0 Å². The molecule has 23 heavy (non-hydrogen) atoms. The van der Waals surface area contributed by atoms with Crippen LogP contribution in [0.1, 0.15) is 47.8 Å². The van der Waals surface area contributed by atoms with Crippen molar-refractivity contribution in [1.82, 2.24) is 30.0 Å². The molecule has 1 fully saturated rings. The van der Waals surface area contributed by atoms with Crippen molar-refractivity contribution in [1.29, 1.82) is 0 Å². The molecular formula is C14H20N6O3. The molecule has 9 heteroatoms. The third-order valence-electron chi connectivity index (χ3n) is 3.68. The maximum absolute atomic E-state index is 12.8. The lowest BCUT2D eigenvalue weighted by Crippen LogP contribution is -2.46. The molecule has 9 nitrogen and oxygen atoms in total. The van der Waals surface area contributed by atoms with Crippen LogP contribution in [-0.4, -0.2) is 55.1 Å². The van der Waals surface area contributed by atoms with Gasteiger partial charge in [0, 0.05) is 6.54 Å². The molecule has 0 unspecified atom stereocenters. The van der Waals surface area contributed by atoms with E-state index in [1.807, 2.05) is 13.8 Å². The van der Waals surface area contributed by atoms with Gasteiger partial charge in [-0.05, 0) is 27.7 Å². The maximum atomic E-state index is 12.8. The molecule has 0 bridgehead atoms. The second-order valence-corrected chi connectivity index (χ2v) is 5.65. The van der Waals surface area contributed by atoms with E-state index >= 15 is 0 Å². The van der Waals surface area contributed by atoms with Crippen molar-refractivity contribution in [3.8, 4) is 0 Å². The maximum Gasteiger partial charge on any atom is 0.276 e. The highest BCUT2D eigenvalue weighted by Gasteiger charge is 2.34. The first-order valence-electron chi connectivity index (χ1n) is 7.64. The van der Waals surface area contributed by atoms with E-state index in [2.05, 4.69) is 20.3 Å². The Balaban J connectivity index is 1.81. The number of amides is 1. The van der Waals surface area contributed by atoms with E-state index < -0.39 is 6.10 Å². The quantitative estimate of drug-likeness (QED) is 0.828. The normalized spacial score (nSPS) is 21.7. The van der Waals surface area contributed by atoms with Crippen LogP contribution in [0.15, 0.2) is 4.52 Å². The fourth-order valence-corrected chi connectivity index (χ4v) is 2.62. The number of hydrogen-bond donors (Lipinski definition) is 0. The zero-order valence-corrected chi connectivity index (χ0v) is 13.7. The van der Waals surface area contributed by atoms with Gasteiger partial charge in [0.25, 0.3) is 11.8 Å². The largest absolute Gasteiger partial charge is 0.362 e. The number of rotatable bonds is 3. The molecule has 3 heterocycles. The molecular weight excluding hydrogens is 300 g/mol. The van der Waals surface area contributed by atoms with Crippen molar-refractivity contribution in [2.45, 2.75) is 46.4 Å². The number of carbonyl (C=O) groups is 1. The van der Waals surface area contributed by atoms with Gasteiger partial charge < -0.3 is 14.2 Å². The van der Waals surface area contributed by atoms with Crippen LogP contribution in [0.4, 0.5) is 0 Å². The molecule has 3 rings (SSSR count). The Bertz CT molecular complexity index is 709. The number of ether oxygens (including phenoxy) is 1. The Morgan fingerprint density at radius 3 is 2.70 bits per heavy atom. The van der Waals surface area contributed by atoms with Gasteiger partial charge in [0.1, 0.15) is 0 Å². The van der Waals surface area contributed by atoms with Gasteiger partial charge >= 0.3 is 0 Å². The van der Waals surface area contributed by atoms with E-state index in [1.165, 1.54) is 4.80 Å². The van der Waals surface area contributed by atoms with Gasteiger partial charge in [0.2, 0.25) is 0 Å². The molecule has 1 aliphatic heterocycles. The summed E-state index contributed by atoms with van der Waals surface area (Å²) >= 11 is 0. The average molecular weight is 320 g/mol. The van der Waals surface area contributed by atoms with E-state index in [-0.39, 0.29) is 12.0 Å². The first-order chi connectivity index (χ1) is 11.0. The van der Waals surface area contributed by atoms with Gasteiger partial charge in [-0.3, -0.25) is 4.79 Å². The predicted octanol–water partition coefficient (Wildman–Crippen LogP) is 0.900. The summed E-state index contributed by atoms with van der Waals surface area (Å²) in [6, 6.07) is 0. The number of hydrogen-bond acceptors (Lipinski definition) is 7. The van der Waals surface area contributed by atoms with Crippen molar-refractivity contribution >= 4 is 5.91 Å². The minimum absolute atomic E-state index is 0.133. The number of nitrogens with zero attached hydrogens (tertiary/aromatic N) is 6. The van der Waals surface area contributed by atoms with Crippen molar-refractivity contribution in [3.05, 3.63) is 23.1 Å². The van der Waals surface area contributed by atoms with Crippen molar-refractivity contribution in [3.63, 3.8) is 0 Å². The summed E-state index contributed by atoms with van der Waals surface area (Å²) in [5.74, 6) is 0.779. The van der Waals surface area contributed by atoms with E-state index in [0.717, 1.165) is 0 Å². The summed E-state index contributed by atoms with van der Waals surface area (Å²) in [4.78, 5) is 20.2. The van der Waals surface area contributed by atoms with Crippen LogP contribution < -0.4 is 0 Å². The molecule has 1 aliphatic rings. The zero-order chi connectivity index (χ0) is 16.6. The van der Waals surface area contributed by atoms with E-state index in [0.29, 0.717) is 42.7 Å². The summed E-state index contributed by atoms with van der Waals surface area (Å²) in [7, 11) is 0. The van der Waals surface area contributed by atoms with Gasteiger partial charge in [-0.15, -0.1) is 5.10 Å². The summed E-state index contributed by atoms with van der Waals surface area (Å²) in [5.41, 5.74) is 1.00. The number of aryl methyl sites for hydroxylation is 3. The Morgan fingerprint density at radius 1 is 1.30 bits per heavy atom. The molecule has 2 aromatic heterocycles. The average Bonchev–Trinajstić information content (AvgIpc) is 3.11. The third-order valence-corrected chi connectivity index (χ3v) is 3.68. The van der Waals surface area contributed by atoms with E-state index in [9.17, 15) is 4.79 Å². The first kappa shape index (κ1) is 15.6. The van der Waals surface area contributed by atoms with Gasteiger partial charge in [-0.25, -0.2) is 0 Å². The van der Waals surface area contributed by atoms with Gasteiger partial charge in [-0.2, -0.15) is 14.9 Å². The second-order valence-electron chi connectivity index (χ2n) is 5.65. The molecule has 0 aromatic carbocycles. The predicted molar refractivity (Wildman–Crippen MR) is 78.7 cm³/mol. The molecule has 0 spiro atoms. The van der Waals surface area contributed by atoms with Crippen LogP contribution >= 0.6 is 0 Å². The second kappa shape index (κ2) is 6.07. The van der Waals surface area contributed by atoms with E-state index in [1.54, 1.807) is 18.7 Å². The minimum Gasteiger partial charge on any atom is -0.362 e. The monoisotopic (exact) mass is 320 g/mol. The van der Waals surface area contributed by atoms with Crippen LogP contribution in [0, 0.1) is 13.8 Å². The van der Waals surface area contributed by atoms with Crippen LogP contribution in [0.2, 0.25) is 0 Å². The molecule has 1 saturated heterocycles. The fourth-order valence-electron chi connectivity index (χ4n) is 2.62. The Morgan fingerprint density at radius 2 is 2.09 bits per heavy atom. The highest BCUT2D eigenvalue weighted by atomic mass is 16.5. The Kier molecular flexibility index (Phi) is 4.12. The van der Waals surface area contributed by atoms with Crippen LogP contribution in [-0.2, 0) is 11.3 Å². The standard InChI is InChI=1S/C14H20N6O3/c1-5-20-16-9(3)12(17-20)14(21)19-6-8(2)22-11(7-19)13-15-10(4)18-23-13/h8,11H,5-7H2,1-4H3/t8-,11-/m1/s1. The van der Waals surface area contributed by atoms with Crippen molar-refractivity contribution < 1.29 is 14.1 Å². The SMILES string of the molecule is CCn1nc(C)c(C(=O)N2C[C@@H](C)O[C@@H](c3nc(C)no3)C2)n1. The van der Waals surface area contributed by atoms with Crippen molar-refractivity contribution in [2.24, 2.45) is 0 Å². The molecule has 0 N–H and O–H groups in total. The molecule has 0 aliphatic carbocycles. The number of aromatic nitrogens is 5.